The number of ether oxygens (including phenoxy) is 1. The molecule has 0 saturated carbocycles. The smallest absolute Gasteiger partial charge is 0.328 e. The molecule has 1 atom stereocenters. The highest BCUT2D eigenvalue weighted by Crippen LogP contribution is 2.15. The van der Waals surface area contributed by atoms with Crippen molar-refractivity contribution in [2.75, 3.05) is 6.61 Å². The number of nitrogens with one attached hydrogen (secondary N) is 1. The Labute approximate surface area is 157 Å². The topological polar surface area (TPSA) is 98.5 Å². The number of carbonyl (C=O) groups excluding carboxylic acids is 2. The Bertz CT molecular complexity index is 846. The molecule has 0 saturated heterocycles. The zero-order chi connectivity index (χ0) is 20.0. The molecule has 0 aliphatic heterocycles. The van der Waals surface area contributed by atoms with Crippen molar-refractivity contribution in [2.45, 2.75) is 33.2 Å². The molecule has 0 fully saturated rings. The van der Waals surface area contributed by atoms with Gasteiger partial charge in [-0.05, 0) is 38.0 Å². The summed E-state index contributed by atoms with van der Waals surface area (Å²) >= 11 is 0. The number of amides is 1. The van der Waals surface area contributed by atoms with E-state index >= 15 is 0 Å². The van der Waals surface area contributed by atoms with Gasteiger partial charge in [0.1, 0.15) is 6.04 Å². The third-order valence-corrected chi connectivity index (χ3v) is 4.09. The molecule has 1 N–H and O–H groups in total. The van der Waals surface area contributed by atoms with E-state index in [9.17, 15) is 19.7 Å². The van der Waals surface area contributed by atoms with E-state index < -0.39 is 16.9 Å². The van der Waals surface area contributed by atoms with Crippen molar-refractivity contribution in [3.8, 4) is 0 Å². The number of nitro benzene ring substituents is 1. The average molecular weight is 370 g/mol. The summed E-state index contributed by atoms with van der Waals surface area (Å²) in [6, 6.07) is 10.4. The van der Waals surface area contributed by atoms with E-state index in [-0.39, 0.29) is 24.6 Å². The summed E-state index contributed by atoms with van der Waals surface area (Å²) in [5.74, 6) is -0.915. The van der Waals surface area contributed by atoms with Crippen molar-refractivity contribution in [1.82, 2.24) is 5.32 Å². The predicted octanol–water partition coefficient (Wildman–Crippen LogP) is 3.12. The first-order chi connectivity index (χ1) is 12.8. The molecule has 0 bridgehead atoms. The molecule has 1 amide bonds. The maximum Gasteiger partial charge on any atom is 0.328 e. The Morgan fingerprint density at radius 2 is 1.81 bits per heavy atom. The number of carbonyl (C=O) groups is 2. The van der Waals surface area contributed by atoms with Crippen LogP contribution < -0.4 is 5.32 Å². The summed E-state index contributed by atoms with van der Waals surface area (Å²) in [6.07, 6.45) is 0.174. The molecule has 0 aliphatic carbocycles. The summed E-state index contributed by atoms with van der Waals surface area (Å²) in [5.41, 5.74) is 2.98. The minimum absolute atomic E-state index is 0.0363. The number of nitrogens with zero attached hydrogens (tertiary/aromatic N) is 1. The molecule has 2 rings (SSSR count). The van der Waals surface area contributed by atoms with Crippen LogP contribution in [0.15, 0.2) is 42.5 Å². The van der Waals surface area contributed by atoms with E-state index in [1.807, 2.05) is 26.0 Å². The lowest BCUT2D eigenvalue weighted by atomic mass is 10.0. The zero-order valence-electron chi connectivity index (χ0n) is 15.5. The van der Waals surface area contributed by atoms with Gasteiger partial charge in [-0.15, -0.1) is 0 Å². The molecule has 0 heterocycles. The summed E-state index contributed by atoms with van der Waals surface area (Å²) in [4.78, 5) is 35.2. The van der Waals surface area contributed by atoms with Crippen molar-refractivity contribution in [2.24, 2.45) is 0 Å². The van der Waals surface area contributed by atoms with Crippen LogP contribution in [-0.4, -0.2) is 29.4 Å². The Hall–Kier alpha value is -3.22. The van der Waals surface area contributed by atoms with Crippen LogP contribution in [0.2, 0.25) is 0 Å². The third kappa shape index (κ3) is 5.37. The van der Waals surface area contributed by atoms with Crippen molar-refractivity contribution >= 4 is 17.6 Å². The average Bonchev–Trinajstić information content (AvgIpc) is 2.61. The first-order valence-electron chi connectivity index (χ1n) is 8.60. The summed E-state index contributed by atoms with van der Waals surface area (Å²) < 4.78 is 5.06. The molecule has 27 heavy (non-hydrogen) atoms. The molecule has 0 aromatic heterocycles. The lowest BCUT2D eigenvalue weighted by Gasteiger charge is -2.18. The monoisotopic (exact) mass is 370 g/mol. The first-order valence-corrected chi connectivity index (χ1v) is 8.60. The van der Waals surface area contributed by atoms with Crippen molar-refractivity contribution in [3.05, 3.63) is 74.8 Å². The molecule has 142 valence electrons. The second-order valence-corrected chi connectivity index (χ2v) is 6.22. The van der Waals surface area contributed by atoms with Crippen LogP contribution in [0.25, 0.3) is 0 Å². The minimum Gasteiger partial charge on any atom is -0.464 e. The van der Waals surface area contributed by atoms with Gasteiger partial charge in [0.2, 0.25) is 0 Å². The van der Waals surface area contributed by atoms with Gasteiger partial charge >= 0.3 is 5.97 Å². The number of hydrogen-bond donors (Lipinski definition) is 1. The third-order valence-electron chi connectivity index (χ3n) is 4.09. The molecule has 7 heteroatoms. The van der Waals surface area contributed by atoms with Crippen LogP contribution in [0.4, 0.5) is 5.69 Å². The molecule has 0 spiro atoms. The second kappa shape index (κ2) is 8.93. The minimum atomic E-state index is -0.889. The molecular formula is C20H22N2O5. The van der Waals surface area contributed by atoms with Crippen molar-refractivity contribution in [1.29, 1.82) is 0 Å². The maximum atomic E-state index is 12.6. The van der Waals surface area contributed by atoms with Gasteiger partial charge < -0.3 is 10.1 Å². The number of nitro groups is 1. The van der Waals surface area contributed by atoms with Gasteiger partial charge in [0.25, 0.3) is 11.6 Å². The number of non-ortho nitro benzene ring substituents is 1. The molecule has 2 aromatic rings. The van der Waals surface area contributed by atoms with Gasteiger partial charge in [-0.25, -0.2) is 4.79 Å². The van der Waals surface area contributed by atoms with Crippen LogP contribution in [0.3, 0.4) is 0 Å². The number of rotatable bonds is 7. The van der Waals surface area contributed by atoms with E-state index in [0.29, 0.717) is 11.1 Å². The van der Waals surface area contributed by atoms with E-state index in [0.717, 1.165) is 11.1 Å². The molecular weight excluding hydrogens is 348 g/mol. The number of aryl methyl sites for hydroxylation is 2. The highest BCUT2D eigenvalue weighted by molar-refractivity contribution is 5.98. The quantitative estimate of drug-likeness (QED) is 0.459. The highest BCUT2D eigenvalue weighted by atomic mass is 16.6. The van der Waals surface area contributed by atoms with E-state index in [1.54, 1.807) is 25.1 Å². The summed E-state index contributed by atoms with van der Waals surface area (Å²) in [5, 5.41) is 13.5. The lowest BCUT2D eigenvalue weighted by molar-refractivity contribution is -0.384. The van der Waals surface area contributed by atoms with Gasteiger partial charge in [-0.3, -0.25) is 14.9 Å². The molecule has 2 aromatic carbocycles. The normalized spacial score (nSPS) is 11.5. The Morgan fingerprint density at radius 1 is 1.15 bits per heavy atom. The molecule has 0 unspecified atom stereocenters. The fourth-order valence-corrected chi connectivity index (χ4v) is 2.73. The summed E-state index contributed by atoms with van der Waals surface area (Å²) in [7, 11) is 0. The van der Waals surface area contributed by atoms with Crippen LogP contribution in [0.5, 0.6) is 0 Å². The van der Waals surface area contributed by atoms with Gasteiger partial charge in [0.05, 0.1) is 11.5 Å². The SMILES string of the molecule is CCOC(=O)[C@H](Cc1ccc([N+](=O)[O-])cc1)NC(=O)c1ccc(C)cc1C. The van der Waals surface area contributed by atoms with E-state index in [1.165, 1.54) is 12.1 Å². The number of hydrogen-bond acceptors (Lipinski definition) is 5. The fourth-order valence-electron chi connectivity index (χ4n) is 2.73. The Balaban J connectivity index is 2.19. The van der Waals surface area contributed by atoms with Crippen molar-refractivity contribution < 1.29 is 19.2 Å². The van der Waals surface area contributed by atoms with Crippen LogP contribution in [-0.2, 0) is 16.0 Å². The van der Waals surface area contributed by atoms with Gasteiger partial charge in [0.15, 0.2) is 0 Å². The molecule has 7 nitrogen and oxygen atoms in total. The van der Waals surface area contributed by atoms with Gasteiger partial charge in [0, 0.05) is 24.1 Å². The van der Waals surface area contributed by atoms with Crippen LogP contribution in [0.1, 0.15) is 34.0 Å². The van der Waals surface area contributed by atoms with Crippen LogP contribution in [0, 0.1) is 24.0 Å². The largest absolute Gasteiger partial charge is 0.464 e. The fraction of sp³-hybridized carbons (Fsp3) is 0.300. The van der Waals surface area contributed by atoms with E-state index in [2.05, 4.69) is 5.32 Å². The Kier molecular flexibility index (Phi) is 6.65. The van der Waals surface area contributed by atoms with Crippen LogP contribution >= 0.6 is 0 Å². The summed E-state index contributed by atoms with van der Waals surface area (Å²) in [6.45, 7) is 5.64. The van der Waals surface area contributed by atoms with Gasteiger partial charge in [-0.2, -0.15) is 0 Å². The standard InChI is InChI=1S/C20H22N2O5/c1-4-27-20(24)18(12-15-6-8-16(9-7-15)22(25)26)21-19(23)17-10-5-13(2)11-14(17)3/h5-11,18H,4,12H2,1-3H3,(H,21,23)/t18-/m0/s1. The lowest BCUT2D eigenvalue weighted by Crippen LogP contribution is -2.43. The Morgan fingerprint density at radius 3 is 2.37 bits per heavy atom. The molecule has 0 aliphatic rings. The highest BCUT2D eigenvalue weighted by Gasteiger charge is 2.24. The maximum absolute atomic E-state index is 12.6. The van der Waals surface area contributed by atoms with E-state index in [4.69, 9.17) is 4.74 Å². The molecule has 0 radical (unpaired) electrons. The van der Waals surface area contributed by atoms with Gasteiger partial charge in [-0.1, -0.05) is 29.8 Å². The zero-order valence-corrected chi connectivity index (χ0v) is 15.5. The van der Waals surface area contributed by atoms with Crippen molar-refractivity contribution in [3.63, 3.8) is 0 Å². The number of esters is 1. The predicted molar refractivity (Wildman–Crippen MR) is 101 cm³/mol. The number of benzene rings is 2. The second-order valence-electron chi connectivity index (χ2n) is 6.22. The first kappa shape index (κ1) is 20.1.